The highest BCUT2D eigenvalue weighted by molar-refractivity contribution is 6.13. The van der Waals surface area contributed by atoms with Gasteiger partial charge in [-0.05, 0) is 148 Å². The van der Waals surface area contributed by atoms with Crippen LogP contribution in [0, 0.1) is 0 Å². The minimum atomic E-state index is -0.541. The van der Waals surface area contributed by atoms with E-state index in [0.29, 0.717) is 0 Å². The number of hydrogen-bond acceptors (Lipinski definition) is 1. The second-order valence-electron chi connectivity index (χ2n) is 21.8. The summed E-state index contributed by atoms with van der Waals surface area (Å²) in [5, 5.41) is 5.06. The number of nitrogens with zero attached hydrogens (tertiary/aromatic N) is 2. The number of fused-ring (bicyclic) bond motifs is 16. The number of benzene rings is 13. The lowest BCUT2D eigenvalue weighted by atomic mass is 9.65. The van der Waals surface area contributed by atoms with Crippen molar-refractivity contribution < 1.29 is 0 Å². The van der Waals surface area contributed by atoms with Gasteiger partial charge in [0.05, 0.1) is 27.6 Å². The van der Waals surface area contributed by atoms with E-state index in [1.54, 1.807) is 0 Å². The van der Waals surface area contributed by atoms with Crippen LogP contribution in [0.1, 0.15) is 44.5 Å². The summed E-state index contributed by atoms with van der Waals surface area (Å²) in [7, 11) is 0. The largest absolute Gasteiger partial charge is 0.310 e. The fourth-order valence-corrected chi connectivity index (χ4v) is 14.9. The minimum Gasteiger partial charge on any atom is -0.310 e. The minimum absolute atomic E-state index is 0.528. The van der Waals surface area contributed by atoms with Gasteiger partial charge in [0.15, 0.2) is 0 Å². The van der Waals surface area contributed by atoms with E-state index in [2.05, 4.69) is 313 Å². The Labute approximate surface area is 465 Å². The van der Waals surface area contributed by atoms with Crippen molar-refractivity contribution in [3.8, 4) is 50.2 Å². The molecule has 0 amide bonds. The standard InChI is InChI=1S/C78H50N2/c1-3-22-54(23-4-1)77(55-24-5-2-6-25-55)67-33-12-9-27-62(67)63-49-48-58(50-72(63)77)79(56-44-40-52(41-45-56)60-30-17-21-51-20-7-8-26-59(51)60)57-46-42-53(43-47-57)61-31-18-36-70-75(61)66-29-10-13-34-68(66)78(70)69-35-14-16-39-74(69)80-73-38-15-11-28-64(73)65-32-19-37-71(78)76(65)80/h1-50H. The smallest absolute Gasteiger partial charge is 0.0754 e. The molecule has 372 valence electrons. The first kappa shape index (κ1) is 44.8. The first-order valence-electron chi connectivity index (χ1n) is 27.9. The van der Waals surface area contributed by atoms with Crippen molar-refractivity contribution in [1.29, 1.82) is 0 Å². The summed E-state index contributed by atoms with van der Waals surface area (Å²) >= 11 is 0. The van der Waals surface area contributed by atoms with Crippen LogP contribution in [0.25, 0.3) is 82.8 Å². The molecule has 1 atom stereocenters. The Morgan fingerprint density at radius 3 is 1.51 bits per heavy atom. The average molecular weight is 1020 g/mol. The second-order valence-corrected chi connectivity index (χ2v) is 21.8. The molecule has 1 aliphatic heterocycles. The molecule has 80 heavy (non-hydrogen) atoms. The monoisotopic (exact) mass is 1010 g/mol. The van der Waals surface area contributed by atoms with Gasteiger partial charge in [0.1, 0.15) is 0 Å². The molecule has 1 unspecified atom stereocenters. The Hall–Kier alpha value is -10.3. The van der Waals surface area contributed by atoms with Crippen LogP contribution in [0.5, 0.6) is 0 Å². The van der Waals surface area contributed by atoms with Crippen molar-refractivity contribution in [2.75, 3.05) is 4.90 Å². The number of rotatable bonds is 7. The zero-order valence-corrected chi connectivity index (χ0v) is 43.8. The van der Waals surface area contributed by atoms with Gasteiger partial charge in [0.2, 0.25) is 0 Å². The number of hydrogen-bond donors (Lipinski definition) is 0. The van der Waals surface area contributed by atoms with E-state index in [1.807, 2.05) is 0 Å². The van der Waals surface area contributed by atoms with E-state index in [1.165, 1.54) is 127 Å². The molecule has 3 aliphatic rings. The Balaban J connectivity index is 0.856. The average Bonchev–Trinajstić information content (AvgIpc) is 2.79. The molecule has 0 bridgehead atoms. The van der Waals surface area contributed by atoms with Crippen LogP contribution in [-0.2, 0) is 10.8 Å². The molecule has 2 heteroatoms. The van der Waals surface area contributed by atoms with Crippen molar-refractivity contribution >= 4 is 49.6 Å². The van der Waals surface area contributed by atoms with Gasteiger partial charge in [0, 0.05) is 27.8 Å². The van der Waals surface area contributed by atoms with Gasteiger partial charge in [-0.15, -0.1) is 0 Å². The van der Waals surface area contributed by atoms with Gasteiger partial charge < -0.3 is 9.47 Å². The van der Waals surface area contributed by atoms with Crippen molar-refractivity contribution in [2.24, 2.45) is 0 Å². The highest BCUT2D eigenvalue weighted by atomic mass is 15.1. The summed E-state index contributed by atoms with van der Waals surface area (Å²) in [6.45, 7) is 0. The summed E-state index contributed by atoms with van der Waals surface area (Å²) in [5.74, 6) is 0. The lowest BCUT2D eigenvalue weighted by Gasteiger charge is -2.39. The van der Waals surface area contributed by atoms with E-state index in [9.17, 15) is 0 Å². The van der Waals surface area contributed by atoms with E-state index in [-0.39, 0.29) is 0 Å². The molecule has 2 aliphatic carbocycles. The third kappa shape index (κ3) is 6.02. The van der Waals surface area contributed by atoms with Gasteiger partial charge in [0.25, 0.3) is 0 Å². The summed E-state index contributed by atoms with van der Waals surface area (Å²) in [4.78, 5) is 2.46. The van der Waals surface area contributed by atoms with Gasteiger partial charge in [-0.1, -0.05) is 255 Å². The SMILES string of the molecule is c1ccc(C2(c3ccccc3)c3ccccc3-c3ccc(N(c4ccc(-c5cccc6c5-c5ccccc5C65c6ccccc6-n6c7ccccc7c7cccc5c76)cc4)c4ccc(-c5cccc6ccccc56)cc4)cc32)cc1. The second kappa shape index (κ2) is 17.1. The van der Waals surface area contributed by atoms with Crippen LogP contribution in [0.3, 0.4) is 0 Å². The maximum absolute atomic E-state index is 2.52. The molecule has 17 rings (SSSR count). The Morgan fingerprint density at radius 2 is 0.762 bits per heavy atom. The number of anilines is 3. The molecule has 0 saturated carbocycles. The summed E-state index contributed by atoms with van der Waals surface area (Å²) in [6.07, 6.45) is 0. The maximum atomic E-state index is 2.52. The fourth-order valence-electron chi connectivity index (χ4n) is 14.9. The zero-order chi connectivity index (χ0) is 52.5. The predicted molar refractivity (Wildman–Crippen MR) is 332 cm³/mol. The Kier molecular flexibility index (Phi) is 9.58. The first-order chi connectivity index (χ1) is 39.7. The van der Waals surface area contributed by atoms with Gasteiger partial charge in [-0.2, -0.15) is 0 Å². The molecule has 2 nitrogen and oxygen atoms in total. The number of para-hydroxylation sites is 3. The van der Waals surface area contributed by atoms with Crippen LogP contribution in [0.4, 0.5) is 17.1 Å². The van der Waals surface area contributed by atoms with Crippen LogP contribution < -0.4 is 4.90 Å². The lowest BCUT2D eigenvalue weighted by molar-refractivity contribution is 0.748. The first-order valence-corrected chi connectivity index (χ1v) is 27.9. The van der Waals surface area contributed by atoms with E-state index < -0.39 is 10.8 Å². The lowest BCUT2D eigenvalue weighted by Crippen LogP contribution is -2.33. The Bertz CT molecular complexity index is 4770. The van der Waals surface area contributed by atoms with Crippen molar-refractivity contribution in [1.82, 2.24) is 4.57 Å². The third-order valence-corrected chi connectivity index (χ3v) is 18.1. The molecule has 0 fully saturated rings. The summed E-state index contributed by atoms with van der Waals surface area (Å²) in [5.41, 5.74) is 26.2. The van der Waals surface area contributed by atoms with Crippen LogP contribution in [0.2, 0.25) is 0 Å². The molecule has 1 spiro atoms. The fraction of sp³-hybridized carbons (Fsp3) is 0.0256. The summed E-state index contributed by atoms with van der Waals surface area (Å²) < 4.78 is 2.52. The van der Waals surface area contributed by atoms with Crippen LogP contribution in [-0.4, -0.2) is 4.57 Å². The number of aromatic nitrogens is 1. The van der Waals surface area contributed by atoms with Gasteiger partial charge >= 0.3 is 0 Å². The van der Waals surface area contributed by atoms with Crippen molar-refractivity contribution in [3.63, 3.8) is 0 Å². The van der Waals surface area contributed by atoms with E-state index in [0.717, 1.165) is 17.1 Å². The van der Waals surface area contributed by atoms with Crippen molar-refractivity contribution in [3.05, 3.63) is 348 Å². The topological polar surface area (TPSA) is 8.17 Å². The highest BCUT2D eigenvalue weighted by Crippen LogP contribution is 2.63. The summed E-state index contributed by atoms with van der Waals surface area (Å²) in [6, 6.07) is 114. The molecule has 2 heterocycles. The molecule has 1 aromatic heterocycles. The molecule has 0 N–H and O–H groups in total. The molecular formula is C78H50N2. The predicted octanol–water partition coefficient (Wildman–Crippen LogP) is 19.8. The van der Waals surface area contributed by atoms with E-state index in [4.69, 9.17) is 0 Å². The van der Waals surface area contributed by atoms with E-state index >= 15 is 0 Å². The van der Waals surface area contributed by atoms with Gasteiger partial charge in [-0.3, -0.25) is 0 Å². The molecule has 0 saturated heterocycles. The third-order valence-electron chi connectivity index (χ3n) is 18.1. The molecular weight excluding hydrogens is 965 g/mol. The van der Waals surface area contributed by atoms with Crippen molar-refractivity contribution in [2.45, 2.75) is 10.8 Å². The maximum Gasteiger partial charge on any atom is 0.0754 e. The molecule has 13 aromatic carbocycles. The van der Waals surface area contributed by atoms with Crippen LogP contribution in [0.15, 0.2) is 303 Å². The zero-order valence-electron chi connectivity index (χ0n) is 43.8. The highest BCUT2D eigenvalue weighted by Gasteiger charge is 2.51. The quantitative estimate of drug-likeness (QED) is 0.154. The Morgan fingerprint density at radius 1 is 0.275 bits per heavy atom. The normalized spacial score (nSPS) is 14.9. The van der Waals surface area contributed by atoms with Crippen LogP contribution >= 0.6 is 0 Å². The molecule has 0 radical (unpaired) electrons. The molecule has 14 aromatic rings. The van der Waals surface area contributed by atoms with Gasteiger partial charge in [-0.25, -0.2) is 0 Å².